The Morgan fingerprint density at radius 1 is 1.36 bits per heavy atom. The van der Waals surface area contributed by atoms with Crippen molar-refractivity contribution >= 4 is 40.6 Å². The molecule has 0 spiro atoms. The number of hydrogen-bond donors (Lipinski definition) is 2. The lowest BCUT2D eigenvalue weighted by atomic mass is 10.2. The molecule has 1 unspecified atom stereocenters. The number of carbonyl (C=O) groups excluding carboxylic acids is 1. The first-order valence-electron chi connectivity index (χ1n) is 7.94. The van der Waals surface area contributed by atoms with E-state index in [4.69, 9.17) is 11.6 Å². The van der Waals surface area contributed by atoms with Gasteiger partial charge in [0, 0.05) is 12.1 Å². The van der Waals surface area contributed by atoms with Crippen molar-refractivity contribution in [3.8, 4) is 11.4 Å². The number of carbonyl (C=O) groups is 1. The summed E-state index contributed by atoms with van der Waals surface area (Å²) in [5.74, 6) is -0.638. The summed E-state index contributed by atoms with van der Waals surface area (Å²) >= 11 is 7.03. The number of nitrogens with zero attached hydrogens (tertiary/aromatic N) is 3. The molecule has 0 radical (unpaired) electrons. The number of halogens is 2. The predicted molar refractivity (Wildman–Crippen MR) is 104 cm³/mol. The molecule has 0 aliphatic rings. The Kier molecular flexibility index (Phi) is 5.90. The quantitative estimate of drug-likeness (QED) is 0.348. The Balaban J connectivity index is 1.69. The Bertz CT molecular complexity index is 1050. The highest BCUT2D eigenvalue weighted by atomic mass is 35.5. The van der Waals surface area contributed by atoms with E-state index in [1.165, 1.54) is 24.3 Å². The van der Waals surface area contributed by atoms with E-state index in [2.05, 4.69) is 20.5 Å². The minimum atomic E-state index is -0.639. The number of anilines is 1. The van der Waals surface area contributed by atoms with Crippen LogP contribution in [0, 0.1) is 15.9 Å². The van der Waals surface area contributed by atoms with Crippen molar-refractivity contribution in [2.24, 2.45) is 0 Å². The predicted octanol–water partition coefficient (Wildman–Crippen LogP) is 4.29. The molecule has 3 rings (SSSR count). The molecule has 0 saturated carbocycles. The molecular formula is C17H13ClFN5O3S. The SMILES string of the molecule is CC(Sc1n[nH]c(-c2ccccc2F)n1)C(=O)Nc1cc([N+](=O)[O-])ccc1Cl. The minimum Gasteiger partial charge on any atom is -0.324 e. The fourth-order valence-electron chi connectivity index (χ4n) is 2.24. The molecule has 144 valence electrons. The van der Waals surface area contributed by atoms with E-state index in [0.717, 1.165) is 11.8 Å². The lowest BCUT2D eigenvalue weighted by Crippen LogP contribution is -2.22. The molecule has 2 aromatic carbocycles. The molecule has 0 aliphatic heterocycles. The summed E-state index contributed by atoms with van der Waals surface area (Å²) in [7, 11) is 0. The van der Waals surface area contributed by atoms with Crippen molar-refractivity contribution in [1.82, 2.24) is 15.2 Å². The maximum absolute atomic E-state index is 13.8. The lowest BCUT2D eigenvalue weighted by molar-refractivity contribution is -0.384. The summed E-state index contributed by atoms with van der Waals surface area (Å²) in [5, 5.41) is 19.8. The Morgan fingerprint density at radius 2 is 2.11 bits per heavy atom. The third-order valence-electron chi connectivity index (χ3n) is 3.66. The van der Waals surface area contributed by atoms with E-state index < -0.39 is 21.9 Å². The van der Waals surface area contributed by atoms with Gasteiger partial charge in [-0.1, -0.05) is 35.5 Å². The molecule has 8 nitrogen and oxygen atoms in total. The smallest absolute Gasteiger partial charge is 0.271 e. The normalized spacial score (nSPS) is 11.8. The summed E-state index contributed by atoms with van der Waals surface area (Å²) in [6.07, 6.45) is 0. The maximum Gasteiger partial charge on any atom is 0.271 e. The van der Waals surface area contributed by atoms with Crippen LogP contribution in [0.25, 0.3) is 11.4 Å². The monoisotopic (exact) mass is 421 g/mol. The second kappa shape index (κ2) is 8.36. The topological polar surface area (TPSA) is 114 Å². The molecule has 0 bridgehead atoms. The van der Waals surface area contributed by atoms with Crippen molar-refractivity contribution in [1.29, 1.82) is 0 Å². The summed E-state index contributed by atoms with van der Waals surface area (Å²) in [6.45, 7) is 1.62. The van der Waals surface area contributed by atoms with Crippen LogP contribution in [0.15, 0.2) is 47.6 Å². The third-order valence-corrected chi connectivity index (χ3v) is 4.95. The number of amides is 1. The molecule has 0 saturated heterocycles. The van der Waals surface area contributed by atoms with Crippen LogP contribution in [0.3, 0.4) is 0 Å². The van der Waals surface area contributed by atoms with Crippen LogP contribution >= 0.6 is 23.4 Å². The first kappa shape index (κ1) is 19.8. The number of benzene rings is 2. The van der Waals surface area contributed by atoms with Gasteiger partial charge in [0.25, 0.3) is 5.69 Å². The van der Waals surface area contributed by atoms with Crippen LogP contribution in [0.4, 0.5) is 15.8 Å². The zero-order valence-electron chi connectivity index (χ0n) is 14.3. The number of H-pyrrole nitrogens is 1. The van der Waals surface area contributed by atoms with Crippen LogP contribution in [0.2, 0.25) is 5.02 Å². The fraction of sp³-hybridized carbons (Fsp3) is 0.118. The summed E-state index contributed by atoms with van der Waals surface area (Å²) in [6, 6.07) is 9.87. The van der Waals surface area contributed by atoms with Gasteiger partial charge in [-0.3, -0.25) is 20.0 Å². The zero-order valence-corrected chi connectivity index (χ0v) is 15.9. The van der Waals surface area contributed by atoms with Gasteiger partial charge in [-0.15, -0.1) is 5.10 Å². The van der Waals surface area contributed by atoms with Crippen molar-refractivity contribution in [3.05, 3.63) is 63.4 Å². The lowest BCUT2D eigenvalue weighted by Gasteiger charge is -2.11. The number of rotatable bonds is 6. The van der Waals surface area contributed by atoms with Gasteiger partial charge in [0.05, 0.1) is 26.4 Å². The number of thioether (sulfide) groups is 1. The number of non-ortho nitro benzene ring substituents is 1. The fourth-order valence-corrected chi connectivity index (χ4v) is 3.13. The van der Waals surface area contributed by atoms with Gasteiger partial charge in [-0.25, -0.2) is 9.37 Å². The summed E-state index contributed by atoms with van der Waals surface area (Å²) in [4.78, 5) is 26.9. The van der Waals surface area contributed by atoms with Crippen molar-refractivity contribution < 1.29 is 14.1 Å². The number of nitrogens with one attached hydrogen (secondary N) is 2. The Hall–Kier alpha value is -2.98. The first-order valence-corrected chi connectivity index (χ1v) is 9.19. The Labute approximate surface area is 167 Å². The molecule has 0 fully saturated rings. The number of aromatic nitrogens is 3. The molecule has 2 N–H and O–H groups in total. The van der Waals surface area contributed by atoms with E-state index in [1.807, 2.05) is 0 Å². The van der Waals surface area contributed by atoms with Crippen molar-refractivity contribution in [3.63, 3.8) is 0 Å². The first-order chi connectivity index (χ1) is 13.3. The number of nitro groups is 1. The van der Waals surface area contributed by atoms with E-state index in [-0.39, 0.29) is 32.9 Å². The minimum absolute atomic E-state index is 0.135. The van der Waals surface area contributed by atoms with Crippen LogP contribution in [-0.4, -0.2) is 31.3 Å². The van der Waals surface area contributed by atoms with Crippen LogP contribution < -0.4 is 5.32 Å². The Morgan fingerprint density at radius 3 is 2.82 bits per heavy atom. The average molecular weight is 422 g/mol. The van der Waals surface area contributed by atoms with Gasteiger partial charge < -0.3 is 5.32 Å². The average Bonchev–Trinajstić information content (AvgIpc) is 3.11. The number of nitro benzene ring substituents is 1. The van der Waals surface area contributed by atoms with Gasteiger partial charge in [0.2, 0.25) is 11.1 Å². The van der Waals surface area contributed by atoms with E-state index in [1.54, 1.807) is 25.1 Å². The highest BCUT2D eigenvalue weighted by Crippen LogP contribution is 2.29. The molecule has 1 atom stereocenters. The van der Waals surface area contributed by atoms with E-state index in [9.17, 15) is 19.3 Å². The second-order valence-corrected chi connectivity index (χ2v) is 7.33. The molecule has 28 heavy (non-hydrogen) atoms. The molecule has 1 aromatic heterocycles. The zero-order chi connectivity index (χ0) is 20.3. The molecule has 1 heterocycles. The van der Waals surface area contributed by atoms with Gasteiger partial charge in [-0.05, 0) is 25.1 Å². The van der Waals surface area contributed by atoms with Crippen LogP contribution in [0.5, 0.6) is 0 Å². The molecular weight excluding hydrogens is 409 g/mol. The largest absolute Gasteiger partial charge is 0.324 e. The van der Waals surface area contributed by atoms with Crippen molar-refractivity contribution in [2.45, 2.75) is 17.3 Å². The number of hydrogen-bond acceptors (Lipinski definition) is 6. The van der Waals surface area contributed by atoms with Crippen LogP contribution in [-0.2, 0) is 4.79 Å². The number of aromatic amines is 1. The maximum atomic E-state index is 13.8. The van der Waals surface area contributed by atoms with Gasteiger partial charge in [0.1, 0.15) is 5.82 Å². The van der Waals surface area contributed by atoms with E-state index >= 15 is 0 Å². The highest BCUT2D eigenvalue weighted by Gasteiger charge is 2.20. The van der Waals surface area contributed by atoms with Gasteiger partial charge in [-0.2, -0.15) is 0 Å². The summed E-state index contributed by atoms with van der Waals surface area (Å²) in [5.41, 5.74) is 0.209. The molecule has 3 aromatic rings. The molecule has 0 aliphatic carbocycles. The van der Waals surface area contributed by atoms with Crippen LogP contribution in [0.1, 0.15) is 6.92 Å². The third kappa shape index (κ3) is 4.46. The van der Waals surface area contributed by atoms with Gasteiger partial charge in [0.15, 0.2) is 5.82 Å². The standard InChI is InChI=1S/C17H13ClFN5O3S/c1-9(16(25)20-14-8-10(24(26)27)6-7-12(14)18)28-17-21-15(22-23-17)11-4-2-3-5-13(11)19/h2-9H,1H3,(H,20,25)(H,21,22,23). The van der Waals surface area contributed by atoms with Crippen molar-refractivity contribution in [2.75, 3.05) is 5.32 Å². The molecule has 1 amide bonds. The second-order valence-electron chi connectivity index (χ2n) is 5.62. The highest BCUT2D eigenvalue weighted by molar-refractivity contribution is 8.00. The van der Waals surface area contributed by atoms with Gasteiger partial charge >= 0.3 is 0 Å². The summed E-state index contributed by atoms with van der Waals surface area (Å²) < 4.78 is 13.8. The molecule has 11 heteroatoms. The van der Waals surface area contributed by atoms with E-state index in [0.29, 0.717) is 0 Å².